The fourth-order valence-electron chi connectivity index (χ4n) is 3.37. The third-order valence-electron chi connectivity index (χ3n) is 4.14. The third-order valence-corrected chi connectivity index (χ3v) is 4.14. The summed E-state index contributed by atoms with van der Waals surface area (Å²) in [5.74, 6) is 0.903. The van der Waals surface area contributed by atoms with E-state index in [-0.39, 0.29) is 12.0 Å². The van der Waals surface area contributed by atoms with Gasteiger partial charge in [-0.25, -0.2) is 5.06 Å². The number of benzene rings is 1. The minimum absolute atomic E-state index is 0.00588. The van der Waals surface area contributed by atoms with E-state index in [0.29, 0.717) is 18.3 Å². The number of fused-ring (bicyclic) bond motifs is 4. The maximum absolute atomic E-state index is 12.3. The van der Waals surface area contributed by atoms with Crippen LogP contribution in [0, 0.1) is 5.92 Å². The van der Waals surface area contributed by atoms with E-state index >= 15 is 0 Å². The second-order valence-electron chi connectivity index (χ2n) is 4.92. The number of ketones is 1. The molecule has 2 heterocycles. The first kappa shape index (κ1) is 8.76. The van der Waals surface area contributed by atoms with Crippen LogP contribution in [0.25, 0.3) is 0 Å². The minimum atomic E-state index is -0.00588. The normalized spacial score (nSPS) is 35.1. The molecular weight excluding hydrogens is 202 g/mol. The molecule has 16 heavy (non-hydrogen) atoms. The molecule has 1 unspecified atom stereocenters. The van der Waals surface area contributed by atoms with Gasteiger partial charge in [0.2, 0.25) is 0 Å². The lowest BCUT2D eigenvalue weighted by molar-refractivity contribution is -0.125. The van der Waals surface area contributed by atoms with E-state index in [2.05, 4.69) is 12.1 Å². The molecule has 82 valence electrons. The van der Waals surface area contributed by atoms with Gasteiger partial charge < -0.3 is 0 Å². The number of nitrogens with zero attached hydrogens (tertiary/aromatic N) is 1. The Balaban J connectivity index is 1.96. The quantitative estimate of drug-likeness (QED) is 0.661. The Morgan fingerprint density at radius 1 is 1.25 bits per heavy atom. The van der Waals surface area contributed by atoms with Crippen molar-refractivity contribution in [1.29, 1.82) is 0 Å². The number of carbonyl (C=O) groups is 1. The van der Waals surface area contributed by atoms with Crippen LogP contribution < -0.4 is 5.06 Å². The van der Waals surface area contributed by atoms with Crippen molar-refractivity contribution in [3.8, 4) is 0 Å². The summed E-state index contributed by atoms with van der Waals surface area (Å²) in [4.78, 5) is 18.0. The predicted molar refractivity (Wildman–Crippen MR) is 59.1 cm³/mol. The number of hydrogen-bond acceptors (Lipinski definition) is 3. The van der Waals surface area contributed by atoms with Crippen LogP contribution in [0.15, 0.2) is 24.3 Å². The number of para-hydroxylation sites is 1. The molecule has 1 saturated heterocycles. The van der Waals surface area contributed by atoms with Crippen molar-refractivity contribution in [3.63, 3.8) is 0 Å². The monoisotopic (exact) mass is 215 g/mol. The van der Waals surface area contributed by atoms with E-state index < -0.39 is 0 Å². The molecule has 1 aromatic rings. The number of Topliss-reactive ketones (excluding diaryl/α,β-unsaturated/α-hetero) is 1. The highest BCUT2D eigenvalue weighted by Crippen LogP contribution is 2.48. The molecule has 3 nitrogen and oxygen atoms in total. The van der Waals surface area contributed by atoms with Gasteiger partial charge in [0.05, 0.1) is 12.3 Å². The molecule has 1 aromatic carbocycles. The van der Waals surface area contributed by atoms with Gasteiger partial charge in [0.1, 0.15) is 6.04 Å². The molecule has 3 atom stereocenters. The molecule has 2 bridgehead atoms. The van der Waals surface area contributed by atoms with Crippen LogP contribution in [0.5, 0.6) is 0 Å². The van der Waals surface area contributed by atoms with Gasteiger partial charge in [-0.1, -0.05) is 18.2 Å². The van der Waals surface area contributed by atoms with Gasteiger partial charge in [-0.05, 0) is 24.5 Å². The van der Waals surface area contributed by atoms with Crippen molar-refractivity contribution in [1.82, 2.24) is 0 Å². The van der Waals surface area contributed by atoms with Crippen molar-refractivity contribution in [2.75, 3.05) is 11.7 Å². The maximum Gasteiger partial charge on any atom is 0.165 e. The van der Waals surface area contributed by atoms with E-state index in [0.717, 1.165) is 24.1 Å². The smallest absolute Gasteiger partial charge is 0.165 e. The first-order valence-corrected chi connectivity index (χ1v) is 5.91. The Kier molecular flexibility index (Phi) is 1.56. The summed E-state index contributed by atoms with van der Waals surface area (Å²) in [6.45, 7) is 0.706. The first-order chi connectivity index (χ1) is 7.86. The summed E-state index contributed by atoms with van der Waals surface area (Å²) in [5, 5.41) is 1.86. The van der Waals surface area contributed by atoms with Gasteiger partial charge in [0, 0.05) is 11.8 Å². The lowest BCUT2D eigenvalue weighted by Crippen LogP contribution is -2.48. The van der Waals surface area contributed by atoms with Gasteiger partial charge in [-0.3, -0.25) is 9.63 Å². The summed E-state index contributed by atoms with van der Waals surface area (Å²) in [7, 11) is 0. The van der Waals surface area contributed by atoms with E-state index in [1.54, 1.807) is 0 Å². The van der Waals surface area contributed by atoms with Crippen LogP contribution >= 0.6 is 0 Å². The standard InChI is InChI=1S/C13H13NO2/c15-13-10-6-5-8-7-16-14(12(8)13)11-4-2-1-3-9(10)11/h1-4,8,10,12H,5-7H2/t8?,10-,12-/m1/s1. The van der Waals surface area contributed by atoms with Gasteiger partial charge in [0.15, 0.2) is 5.78 Å². The molecule has 3 heteroatoms. The minimum Gasteiger partial charge on any atom is -0.297 e. The fraction of sp³-hybridized carbons (Fsp3) is 0.462. The molecule has 1 saturated carbocycles. The molecule has 4 rings (SSSR count). The van der Waals surface area contributed by atoms with Crippen molar-refractivity contribution in [2.24, 2.45) is 5.92 Å². The largest absolute Gasteiger partial charge is 0.297 e. The molecule has 0 aromatic heterocycles. The van der Waals surface area contributed by atoms with Crippen LogP contribution in [0.3, 0.4) is 0 Å². The van der Waals surface area contributed by atoms with Crippen molar-refractivity contribution < 1.29 is 9.63 Å². The first-order valence-electron chi connectivity index (χ1n) is 5.91. The van der Waals surface area contributed by atoms with Crippen molar-refractivity contribution >= 4 is 11.5 Å². The van der Waals surface area contributed by atoms with Gasteiger partial charge in [0.25, 0.3) is 0 Å². The Labute approximate surface area is 94.0 Å². The van der Waals surface area contributed by atoms with Crippen molar-refractivity contribution in [3.05, 3.63) is 29.8 Å². The molecule has 3 aliphatic rings. The fourth-order valence-corrected chi connectivity index (χ4v) is 3.37. The summed E-state index contributed by atoms with van der Waals surface area (Å²) >= 11 is 0. The average molecular weight is 215 g/mol. The van der Waals surface area contributed by atoms with Gasteiger partial charge >= 0.3 is 0 Å². The molecule has 0 amide bonds. The summed E-state index contributed by atoms with van der Waals surface area (Å²) in [5.41, 5.74) is 2.27. The Hall–Kier alpha value is -1.35. The lowest BCUT2D eigenvalue weighted by Gasteiger charge is -2.40. The molecule has 0 N–H and O–H groups in total. The van der Waals surface area contributed by atoms with E-state index in [4.69, 9.17) is 4.84 Å². The van der Waals surface area contributed by atoms with Gasteiger partial charge in [-0.15, -0.1) is 0 Å². The van der Waals surface area contributed by atoms with E-state index in [1.807, 2.05) is 17.2 Å². The zero-order chi connectivity index (χ0) is 10.7. The number of rotatable bonds is 0. The second-order valence-corrected chi connectivity index (χ2v) is 4.92. The summed E-state index contributed by atoms with van der Waals surface area (Å²) in [6.07, 6.45) is 2.11. The van der Waals surface area contributed by atoms with Crippen LogP contribution in [0.2, 0.25) is 0 Å². The molecule has 0 spiro atoms. The van der Waals surface area contributed by atoms with Crippen LogP contribution in [0.4, 0.5) is 5.69 Å². The van der Waals surface area contributed by atoms with E-state index in [1.165, 1.54) is 0 Å². The maximum atomic E-state index is 12.3. The Morgan fingerprint density at radius 3 is 3.06 bits per heavy atom. The number of hydrogen-bond donors (Lipinski definition) is 0. The summed E-state index contributed by atoms with van der Waals surface area (Å²) in [6, 6.07) is 8.15. The Morgan fingerprint density at radius 2 is 2.12 bits per heavy atom. The zero-order valence-electron chi connectivity index (χ0n) is 8.93. The highest BCUT2D eigenvalue weighted by Gasteiger charge is 2.51. The Bertz CT molecular complexity index is 471. The van der Waals surface area contributed by atoms with Crippen LogP contribution in [-0.2, 0) is 9.63 Å². The molecule has 1 aliphatic carbocycles. The molecule has 0 radical (unpaired) electrons. The number of hydroxylamine groups is 1. The zero-order valence-corrected chi connectivity index (χ0v) is 8.93. The highest BCUT2D eigenvalue weighted by molar-refractivity contribution is 5.98. The molecule has 2 aliphatic heterocycles. The predicted octanol–water partition coefficient (Wildman–Crippen LogP) is 1.88. The molecule has 2 fully saturated rings. The van der Waals surface area contributed by atoms with Crippen molar-refractivity contribution in [2.45, 2.75) is 24.8 Å². The highest BCUT2D eigenvalue weighted by atomic mass is 16.7. The molecular formula is C13H13NO2. The summed E-state index contributed by atoms with van der Waals surface area (Å²) < 4.78 is 0. The van der Waals surface area contributed by atoms with Crippen LogP contribution in [-0.4, -0.2) is 18.4 Å². The van der Waals surface area contributed by atoms with E-state index in [9.17, 15) is 4.79 Å². The average Bonchev–Trinajstić information content (AvgIpc) is 2.75. The third kappa shape index (κ3) is 0.901. The SMILES string of the molecule is O=C1[C@@H]2CCC3CON(c4ccccc42)[C@@H]13. The second kappa shape index (κ2) is 2.86. The van der Waals surface area contributed by atoms with Crippen LogP contribution in [0.1, 0.15) is 24.3 Å². The number of carbonyl (C=O) groups excluding carboxylic acids is 1. The number of anilines is 1. The topological polar surface area (TPSA) is 29.5 Å². The van der Waals surface area contributed by atoms with Gasteiger partial charge in [-0.2, -0.15) is 0 Å². The lowest BCUT2D eigenvalue weighted by atomic mass is 9.72.